The number of aromatic nitrogens is 3. The molecule has 2 aromatic rings. The first-order valence-corrected chi connectivity index (χ1v) is 10.5. The van der Waals surface area contributed by atoms with Crippen LogP contribution in [0.25, 0.3) is 0 Å². The number of nitrogens with two attached hydrogens (primary N) is 1. The van der Waals surface area contributed by atoms with Crippen LogP contribution in [0.1, 0.15) is 36.2 Å². The van der Waals surface area contributed by atoms with Gasteiger partial charge >= 0.3 is 0 Å². The third kappa shape index (κ3) is 4.46. The van der Waals surface area contributed by atoms with E-state index in [9.17, 15) is 9.59 Å². The lowest BCUT2D eigenvalue weighted by Crippen LogP contribution is -2.41. The summed E-state index contributed by atoms with van der Waals surface area (Å²) in [6, 6.07) is 3.58. The molecule has 1 unspecified atom stereocenters. The fourth-order valence-corrected chi connectivity index (χ4v) is 4.02. The molecule has 2 amide bonds. The monoisotopic (exact) mass is 429 g/mol. The molecule has 0 saturated carbocycles. The van der Waals surface area contributed by atoms with Crippen LogP contribution in [0.4, 0.5) is 17.5 Å². The smallest absolute Gasteiger partial charge is 0.276 e. The summed E-state index contributed by atoms with van der Waals surface area (Å²) in [5.74, 6) is 0.410. The van der Waals surface area contributed by atoms with Crippen molar-refractivity contribution in [1.29, 1.82) is 0 Å². The highest BCUT2D eigenvalue weighted by atomic mass is 35.5. The van der Waals surface area contributed by atoms with Crippen LogP contribution < -0.4 is 20.9 Å². The topological polar surface area (TPSA) is 117 Å². The van der Waals surface area contributed by atoms with Gasteiger partial charge in [0.25, 0.3) is 5.91 Å². The zero-order chi connectivity index (χ0) is 21.1. The second-order valence-corrected chi connectivity index (χ2v) is 8.01. The van der Waals surface area contributed by atoms with E-state index in [4.69, 9.17) is 17.3 Å². The van der Waals surface area contributed by atoms with Crippen LogP contribution in [0.5, 0.6) is 0 Å². The molecule has 30 heavy (non-hydrogen) atoms. The van der Waals surface area contributed by atoms with Crippen LogP contribution in [0.2, 0.25) is 5.02 Å². The van der Waals surface area contributed by atoms with Gasteiger partial charge in [-0.3, -0.25) is 9.59 Å². The number of hydrogen-bond acceptors (Lipinski definition) is 7. The molecule has 158 valence electrons. The van der Waals surface area contributed by atoms with Crippen molar-refractivity contribution in [3.05, 3.63) is 35.2 Å². The Hall–Kier alpha value is -2.94. The minimum absolute atomic E-state index is 0.137. The first kappa shape index (κ1) is 20.3. The van der Waals surface area contributed by atoms with E-state index in [1.54, 1.807) is 12.3 Å². The summed E-state index contributed by atoms with van der Waals surface area (Å²) < 4.78 is 0. The van der Waals surface area contributed by atoms with Crippen LogP contribution in [0.15, 0.2) is 24.5 Å². The van der Waals surface area contributed by atoms with E-state index < -0.39 is 5.91 Å². The molecule has 2 aliphatic heterocycles. The molecule has 2 aliphatic rings. The number of pyridine rings is 1. The van der Waals surface area contributed by atoms with E-state index >= 15 is 0 Å². The van der Waals surface area contributed by atoms with Gasteiger partial charge in [0.2, 0.25) is 11.9 Å². The predicted molar refractivity (Wildman–Crippen MR) is 115 cm³/mol. The second kappa shape index (κ2) is 8.83. The van der Waals surface area contributed by atoms with Gasteiger partial charge in [-0.15, -0.1) is 0 Å². The van der Waals surface area contributed by atoms with Crippen molar-refractivity contribution < 1.29 is 9.59 Å². The molecule has 0 bridgehead atoms. The maximum atomic E-state index is 12.7. The molecule has 1 atom stereocenters. The van der Waals surface area contributed by atoms with Gasteiger partial charge in [-0.2, -0.15) is 0 Å². The Morgan fingerprint density at radius 3 is 2.53 bits per heavy atom. The fraction of sp³-hybridized carbons (Fsp3) is 0.450. The number of carbonyl (C=O) groups excluding carboxylic acids is 2. The Kier molecular flexibility index (Phi) is 5.98. The molecule has 2 saturated heterocycles. The highest BCUT2D eigenvalue weighted by Gasteiger charge is 2.25. The summed E-state index contributed by atoms with van der Waals surface area (Å²) in [7, 11) is 0. The number of halogens is 1. The first-order valence-electron chi connectivity index (χ1n) is 10.1. The highest BCUT2D eigenvalue weighted by molar-refractivity contribution is 6.34. The minimum Gasteiger partial charge on any atom is -0.369 e. The van der Waals surface area contributed by atoms with E-state index in [0.717, 1.165) is 51.1 Å². The molecular formula is C20H24ClN7O2. The first-order chi connectivity index (χ1) is 14.5. The number of anilines is 3. The Bertz CT molecular complexity index is 931. The molecular weight excluding hydrogens is 406 g/mol. The maximum Gasteiger partial charge on any atom is 0.276 e. The Balaban J connectivity index is 1.44. The van der Waals surface area contributed by atoms with E-state index in [1.165, 1.54) is 6.20 Å². The van der Waals surface area contributed by atoms with Gasteiger partial charge in [0.05, 0.1) is 29.0 Å². The number of nitrogens with zero attached hydrogens (tertiary/aromatic N) is 5. The number of rotatable bonds is 5. The number of nitrogens with one attached hydrogen (secondary N) is 1. The third-order valence-corrected chi connectivity index (χ3v) is 5.77. The van der Waals surface area contributed by atoms with E-state index in [0.29, 0.717) is 18.2 Å². The average molecular weight is 430 g/mol. The molecule has 3 N–H and O–H groups in total. The lowest BCUT2D eigenvalue weighted by molar-refractivity contribution is -0.122. The standard InChI is InChI=1S/C20H24ClN7O2/c21-15-11-24-20(27-7-1-2-8-27)26-17(15)19(30)25-14-5-6-16(23-10-14)28-9-3-4-13(12-28)18(22)29/h5-6,10-11,13H,1-4,7-9,12H2,(H2,22,29)(H,25,30). The summed E-state index contributed by atoms with van der Waals surface area (Å²) in [5.41, 5.74) is 6.12. The summed E-state index contributed by atoms with van der Waals surface area (Å²) in [5, 5.41) is 2.99. The van der Waals surface area contributed by atoms with Crippen molar-refractivity contribution >= 4 is 40.9 Å². The van der Waals surface area contributed by atoms with Crippen molar-refractivity contribution in [1.82, 2.24) is 15.0 Å². The highest BCUT2D eigenvalue weighted by Crippen LogP contribution is 2.24. The van der Waals surface area contributed by atoms with Gasteiger partial charge in [-0.25, -0.2) is 15.0 Å². The van der Waals surface area contributed by atoms with Gasteiger partial charge in [0.1, 0.15) is 5.82 Å². The molecule has 0 aliphatic carbocycles. The molecule has 0 spiro atoms. The summed E-state index contributed by atoms with van der Waals surface area (Å²) in [6.45, 7) is 3.13. The Morgan fingerprint density at radius 1 is 1.07 bits per heavy atom. The lowest BCUT2D eigenvalue weighted by atomic mass is 9.97. The Labute approximate surface area is 179 Å². The van der Waals surface area contributed by atoms with Gasteiger partial charge in [-0.05, 0) is 37.8 Å². The largest absolute Gasteiger partial charge is 0.369 e. The van der Waals surface area contributed by atoms with Crippen molar-refractivity contribution in [2.45, 2.75) is 25.7 Å². The fourth-order valence-electron chi connectivity index (χ4n) is 3.84. The van der Waals surface area contributed by atoms with Crippen LogP contribution in [0, 0.1) is 5.92 Å². The lowest BCUT2D eigenvalue weighted by Gasteiger charge is -2.32. The quantitative estimate of drug-likeness (QED) is 0.747. The van der Waals surface area contributed by atoms with Gasteiger partial charge in [0, 0.05) is 26.2 Å². The Morgan fingerprint density at radius 2 is 1.83 bits per heavy atom. The van der Waals surface area contributed by atoms with Crippen LogP contribution >= 0.6 is 11.6 Å². The van der Waals surface area contributed by atoms with Gasteiger partial charge in [0.15, 0.2) is 5.69 Å². The number of amides is 2. The molecule has 2 fully saturated rings. The van der Waals surface area contributed by atoms with Crippen LogP contribution in [-0.4, -0.2) is 52.9 Å². The predicted octanol–water partition coefficient (Wildman–Crippen LogP) is 2.08. The van der Waals surface area contributed by atoms with Crippen LogP contribution in [-0.2, 0) is 4.79 Å². The van der Waals surface area contributed by atoms with Crippen molar-refractivity contribution in [3.63, 3.8) is 0 Å². The van der Waals surface area contributed by atoms with E-state index in [1.807, 2.05) is 15.9 Å². The SMILES string of the molecule is NC(=O)C1CCCN(c2ccc(NC(=O)c3nc(N4CCCC4)ncc3Cl)cn2)C1. The second-order valence-electron chi connectivity index (χ2n) is 7.61. The van der Waals surface area contributed by atoms with Crippen LogP contribution in [0.3, 0.4) is 0 Å². The maximum absolute atomic E-state index is 12.7. The molecule has 4 heterocycles. The summed E-state index contributed by atoms with van der Waals surface area (Å²) in [6.07, 6.45) is 6.91. The zero-order valence-electron chi connectivity index (χ0n) is 16.6. The molecule has 9 nitrogen and oxygen atoms in total. The van der Waals surface area contributed by atoms with E-state index in [2.05, 4.69) is 20.3 Å². The molecule has 2 aromatic heterocycles. The molecule has 0 radical (unpaired) electrons. The van der Waals surface area contributed by atoms with Crippen molar-refractivity contribution in [3.8, 4) is 0 Å². The third-order valence-electron chi connectivity index (χ3n) is 5.49. The minimum atomic E-state index is -0.413. The average Bonchev–Trinajstić information content (AvgIpc) is 3.29. The van der Waals surface area contributed by atoms with Crippen molar-refractivity contribution in [2.75, 3.05) is 41.3 Å². The van der Waals surface area contributed by atoms with E-state index in [-0.39, 0.29) is 22.5 Å². The molecule has 10 heteroatoms. The zero-order valence-corrected chi connectivity index (χ0v) is 17.3. The van der Waals surface area contributed by atoms with Gasteiger partial charge < -0.3 is 20.9 Å². The van der Waals surface area contributed by atoms with Crippen molar-refractivity contribution in [2.24, 2.45) is 11.7 Å². The van der Waals surface area contributed by atoms with Gasteiger partial charge in [-0.1, -0.05) is 11.6 Å². The summed E-state index contributed by atoms with van der Waals surface area (Å²) in [4.78, 5) is 41.3. The number of hydrogen-bond donors (Lipinski definition) is 2. The molecule has 4 rings (SSSR count). The number of piperidine rings is 1. The molecule has 0 aromatic carbocycles. The summed E-state index contributed by atoms with van der Waals surface area (Å²) >= 11 is 6.17. The number of carbonyl (C=O) groups is 2. The number of primary amides is 1. The normalized spacial score (nSPS) is 19.0.